The highest BCUT2D eigenvalue weighted by molar-refractivity contribution is 6.07. The minimum absolute atomic E-state index is 0.121. The van der Waals surface area contributed by atoms with Crippen molar-refractivity contribution < 1.29 is 23.9 Å². The molecule has 1 unspecified atom stereocenters. The van der Waals surface area contributed by atoms with Gasteiger partial charge in [-0.2, -0.15) is 0 Å². The number of rotatable bonds is 5. The number of pyridine rings is 2. The van der Waals surface area contributed by atoms with Crippen molar-refractivity contribution in [2.45, 2.75) is 59.2 Å². The molecule has 0 bridgehead atoms. The van der Waals surface area contributed by atoms with Crippen LogP contribution in [0.15, 0.2) is 73.1 Å². The Labute approximate surface area is 263 Å². The number of hydrogen-bond acceptors (Lipinski definition) is 8. The normalized spacial score (nSPS) is 15.1. The number of carbonyl (C=O) groups is 3. The number of hydrogen-bond donors (Lipinski definition) is 2. The first-order valence-corrected chi connectivity index (χ1v) is 15.0. The number of carbonyl (C=O) groups excluding carboxylic acids is 3. The Hall–Kier alpha value is -4.99. The summed E-state index contributed by atoms with van der Waals surface area (Å²) in [4.78, 5) is 48.8. The molecule has 45 heavy (non-hydrogen) atoms. The number of amides is 2. The van der Waals surface area contributed by atoms with E-state index in [9.17, 15) is 14.4 Å². The maximum Gasteiger partial charge on any atom is 0.426 e. The number of anilines is 1. The van der Waals surface area contributed by atoms with Crippen molar-refractivity contribution in [1.29, 1.82) is 0 Å². The number of hydrazine groups is 1. The van der Waals surface area contributed by atoms with Gasteiger partial charge < -0.3 is 14.4 Å². The minimum atomic E-state index is -0.762. The van der Waals surface area contributed by atoms with Gasteiger partial charge in [0.1, 0.15) is 11.2 Å². The van der Waals surface area contributed by atoms with E-state index >= 15 is 0 Å². The largest absolute Gasteiger partial charge is 0.460 e. The Bertz CT molecular complexity index is 1710. The van der Waals surface area contributed by atoms with Crippen LogP contribution >= 0.6 is 0 Å². The van der Waals surface area contributed by atoms with Crippen LogP contribution in [0, 0.1) is 5.92 Å². The van der Waals surface area contributed by atoms with Crippen molar-refractivity contribution in [2.24, 2.45) is 5.92 Å². The molecule has 10 heteroatoms. The summed E-state index contributed by atoms with van der Waals surface area (Å²) < 4.78 is 10.8. The summed E-state index contributed by atoms with van der Waals surface area (Å²) >= 11 is 0. The molecule has 2 aromatic carbocycles. The zero-order valence-electron chi connectivity index (χ0n) is 26.5. The summed E-state index contributed by atoms with van der Waals surface area (Å²) in [6.45, 7) is 12.3. The average molecular weight is 610 g/mol. The third-order valence-electron chi connectivity index (χ3n) is 7.21. The van der Waals surface area contributed by atoms with E-state index in [0.717, 1.165) is 35.3 Å². The van der Waals surface area contributed by atoms with Gasteiger partial charge in [0.2, 0.25) is 0 Å². The standard InChI is InChI=1S/C35H39N5O5/c1-34(2,3)44-32(42)25-16-18-40(21-25)26-13-11-23(12-14-26)22-7-9-24(10-8-22)30-19-27(28-20-36-17-15-29(28)37-30)31(41)38-39-33(43)45-35(4,5)6/h7-15,17,19-20,25H,16,18,21H2,1-6H3,(H,38,41)(H,39,43). The number of nitrogens with one attached hydrogen (secondary N) is 2. The van der Waals surface area contributed by atoms with Gasteiger partial charge in [-0.15, -0.1) is 0 Å². The second-order valence-corrected chi connectivity index (χ2v) is 13.1. The van der Waals surface area contributed by atoms with Crippen molar-refractivity contribution >= 4 is 34.6 Å². The molecule has 2 N–H and O–H groups in total. The van der Waals surface area contributed by atoms with E-state index in [-0.39, 0.29) is 11.9 Å². The van der Waals surface area contributed by atoms with Crippen molar-refractivity contribution in [1.82, 2.24) is 20.8 Å². The molecular formula is C35H39N5O5. The fraction of sp³-hybridized carbons (Fsp3) is 0.343. The quantitative estimate of drug-likeness (QED) is 0.200. The average Bonchev–Trinajstić information content (AvgIpc) is 3.49. The first-order chi connectivity index (χ1) is 21.3. The van der Waals surface area contributed by atoms with Gasteiger partial charge in [0.25, 0.3) is 5.91 Å². The van der Waals surface area contributed by atoms with Crippen LogP contribution in [-0.2, 0) is 14.3 Å². The van der Waals surface area contributed by atoms with Crippen molar-refractivity contribution in [2.75, 3.05) is 18.0 Å². The fourth-order valence-electron chi connectivity index (χ4n) is 5.15. The molecule has 1 fully saturated rings. The molecule has 2 aromatic heterocycles. The van der Waals surface area contributed by atoms with Crippen LogP contribution in [0.4, 0.5) is 10.5 Å². The lowest BCUT2D eigenvalue weighted by atomic mass is 10.0. The molecular weight excluding hydrogens is 570 g/mol. The Morgan fingerprint density at radius 3 is 2.09 bits per heavy atom. The van der Waals surface area contributed by atoms with Gasteiger partial charge in [-0.05, 0) is 83.4 Å². The lowest BCUT2D eigenvalue weighted by Gasteiger charge is -2.23. The Morgan fingerprint density at radius 1 is 0.822 bits per heavy atom. The summed E-state index contributed by atoms with van der Waals surface area (Å²) in [6.07, 6.45) is 3.20. The van der Waals surface area contributed by atoms with Crippen molar-refractivity contribution in [3.05, 3.63) is 78.6 Å². The zero-order valence-corrected chi connectivity index (χ0v) is 26.5. The molecule has 0 radical (unpaired) electrons. The van der Waals surface area contributed by atoms with Gasteiger partial charge >= 0.3 is 12.1 Å². The third-order valence-corrected chi connectivity index (χ3v) is 7.21. The highest BCUT2D eigenvalue weighted by atomic mass is 16.6. The maximum absolute atomic E-state index is 13.1. The van der Waals surface area contributed by atoms with Gasteiger partial charge in [-0.1, -0.05) is 36.4 Å². The molecule has 1 aliphatic rings. The zero-order chi connectivity index (χ0) is 32.4. The van der Waals surface area contributed by atoms with Crippen LogP contribution in [0.25, 0.3) is 33.3 Å². The van der Waals surface area contributed by atoms with E-state index in [1.54, 1.807) is 45.3 Å². The van der Waals surface area contributed by atoms with Gasteiger partial charge in [0, 0.05) is 42.1 Å². The summed E-state index contributed by atoms with van der Waals surface area (Å²) in [5, 5.41) is 0.553. The summed E-state index contributed by atoms with van der Waals surface area (Å²) in [5.41, 5.74) is 9.03. The topological polar surface area (TPSA) is 123 Å². The van der Waals surface area contributed by atoms with Crippen LogP contribution in [0.5, 0.6) is 0 Å². The highest BCUT2D eigenvalue weighted by Crippen LogP contribution is 2.30. The minimum Gasteiger partial charge on any atom is -0.460 e. The van der Waals surface area contributed by atoms with Gasteiger partial charge in [-0.25, -0.2) is 15.2 Å². The Morgan fingerprint density at radius 2 is 1.44 bits per heavy atom. The predicted molar refractivity (Wildman–Crippen MR) is 173 cm³/mol. The van der Waals surface area contributed by atoms with Gasteiger partial charge in [-0.3, -0.25) is 20.0 Å². The Kier molecular flexibility index (Phi) is 8.77. The molecule has 4 aromatic rings. The van der Waals surface area contributed by atoms with Crippen LogP contribution in [0.1, 0.15) is 58.3 Å². The summed E-state index contributed by atoms with van der Waals surface area (Å²) in [7, 11) is 0. The van der Waals surface area contributed by atoms with Crippen LogP contribution in [-0.4, -0.2) is 52.2 Å². The SMILES string of the molecule is CC(C)(C)OC(=O)NNC(=O)c1cc(-c2ccc(-c3ccc(N4CCC(C(=O)OC(C)(C)C)C4)cc3)cc2)nc2ccncc12. The van der Waals surface area contributed by atoms with Crippen LogP contribution in [0.2, 0.25) is 0 Å². The molecule has 1 atom stereocenters. The lowest BCUT2D eigenvalue weighted by molar-refractivity contribution is -0.159. The van der Waals surface area contributed by atoms with E-state index in [0.29, 0.717) is 28.7 Å². The summed E-state index contributed by atoms with van der Waals surface area (Å²) in [6, 6.07) is 19.7. The van der Waals surface area contributed by atoms with Crippen molar-refractivity contribution in [3.8, 4) is 22.4 Å². The van der Waals surface area contributed by atoms with E-state index < -0.39 is 23.2 Å². The van der Waals surface area contributed by atoms with Gasteiger partial charge in [0.15, 0.2) is 0 Å². The molecule has 0 aliphatic carbocycles. The van der Waals surface area contributed by atoms with Crippen molar-refractivity contribution in [3.63, 3.8) is 0 Å². The highest BCUT2D eigenvalue weighted by Gasteiger charge is 2.32. The lowest BCUT2D eigenvalue weighted by Crippen LogP contribution is -2.44. The van der Waals surface area contributed by atoms with Crippen LogP contribution in [0.3, 0.4) is 0 Å². The molecule has 0 spiro atoms. The number of nitrogens with zero attached hydrogens (tertiary/aromatic N) is 3. The van der Waals surface area contributed by atoms with E-state index in [1.165, 1.54) is 0 Å². The first kappa shape index (κ1) is 31.4. The van der Waals surface area contributed by atoms with Gasteiger partial charge in [0.05, 0.1) is 22.7 Å². The predicted octanol–water partition coefficient (Wildman–Crippen LogP) is 6.30. The van der Waals surface area contributed by atoms with E-state index in [4.69, 9.17) is 14.5 Å². The van der Waals surface area contributed by atoms with E-state index in [1.807, 2.05) is 45.0 Å². The van der Waals surface area contributed by atoms with Crippen LogP contribution < -0.4 is 15.8 Å². The number of ether oxygens (including phenoxy) is 2. The molecule has 0 saturated carbocycles. The molecule has 1 saturated heterocycles. The fourth-order valence-corrected chi connectivity index (χ4v) is 5.15. The maximum atomic E-state index is 13.1. The Balaban J connectivity index is 1.29. The number of esters is 1. The molecule has 3 heterocycles. The summed E-state index contributed by atoms with van der Waals surface area (Å²) in [5.74, 6) is -0.775. The molecule has 234 valence electrons. The van der Waals surface area contributed by atoms with E-state index in [2.05, 4.69) is 45.0 Å². The first-order valence-electron chi connectivity index (χ1n) is 15.0. The third kappa shape index (κ3) is 7.94. The number of aromatic nitrogens is 2. The second kappa shape index (κ2) is 12.6. The smallest absolute Gasteiger partial charge is 0.426 e. The monoisotopic (exact) mass is 609 g/mol. The molecule has 5 rings (SSSR count). The molecule has 10 nitrogen and oxygen atoms in total. The number of benzene rings is 2. The molecule has 2 amide bonds. The second-order valence-electron chi connectivity index (χ2n) is 13.1. The molecule has 1 aliphatic heterocycles. The number of fused-ring (bicyclic) bond motifs is 1.